The molecule has 37 heavy (non-hydrogen) atoms. The Bertz CT molecular complexity index is 1250. The van der Waals surface area contributed by atoms with Crippen molar-refractivity contribution in [2.45, 2.75) is 62.4 Å². The van der Waals surface area contributed by atoms with E-state index in [9.17, 15) is 13.2 Å². The summed E-state index contributed by atoms with van der Waals surface area (Å²) >= 11 is 0. The zero-order chi connectivity index (χ0) is 26.6. The van der Waals surface area contributed by atoms with Gasteiger partial charge < -0.3 is 23.7 Å². The molecule has 9 nitrogen and oxygen atoms in total. The molecule has 2 aliphatic heterocycles. The number of piperidine rings is 1. The van der Waals surface area contributed by atoms with Gasteiger partial charge in [0.1, 0.15) is 30.7 Å². The van der Waals surface area contributed by atoms with Gasteiger partial charge >= 0.3 is 5.97 Å². The molecular weight excluding hydrogens is 498 g/mol. The first-order valence-electron chi connectivity index (χ1n) is 11.9. The maximum atomic E-state index is 13.9. The number of nitrogens with zero attached hydrogens (tertiary/aromatic N) is 1. The average Bonchev–Trinajstić information content (AvgIpc) is 3.21. The fraction of sp³-hybridized carbons (Fsp3) is 0.444. The maximum Gasteiger partial charge on any atom is 0.327 e. The average molecular weight is 530 g/mol. The van der Waals surface area contributed by atoms with Crippen molar-refractivity contribution in [3.8, 4) is 17.6 Å². The van der Waals surface area contributed by atoms with E-state index in [2.05, 4.69) is 11.8 Å². The highest BCUT2D eigenvalue weighted by molar-refractivity contribution is 7.89. The van der Waals surface area contributed by atoms with Crippen LogP contribution in [0.25, 0.3) is 0 Å². The standard InChI is InChI=1S/C27H31NO8S/c1-5-6-16-33-20-12-14-21(15-13-20)37(30,31)28-17-22-24(36-27(2,3)35-22)25(23(28)26(29)32-4)34-18-19-10-8-7-9-11-19/h7-15,22-25H,16-18H2,1-4H3/t22-,23-,24-,25-/m1/s1. The number of rotatable bonds is 8. The van der Waals surface area contributed by atoms with E-state index >= 15 is 0 Å². The van der Waals surface area contributed by atoms with Crippen LogP contribution in [0.5, 0.6) is 5.75 Å². The smallest absolute Gasteiger partial charge is 0.327 e. The number of benzene rings is 2. The Morgan fingerprint density at radius 1 is 1.11 bits per heavy atom. The zero-order valence-electron chi connectivity index (χ0n) is 21.2. The highest BCUT2D eigenvalue weighted by Crippen LogP contribution is 2.39. The third-order valence-corrected chi connectivity index (χ3v) is 8.03. The molecule has 0 radical (unpaired) electrons. The second kappa shape index (κ2) is 11.2. The van der Waals surface area contributed by atoms with Gasteiger partial charge in [-0.1, -0.05) is 36.3 Å². The second-order valence-corrected chi connectivity index (χ2v) is 11.0. The van der Waals surface area contributed by atoms with E-state index in [0.717, 1.165) is 9.87 Å². The number of carbonyl (C=O) groups is 1. The van der Waals surface area contributed by atoms with Gasteiger partial charge in [0.2, 0.25) is 10.0 Å². The van der Waals surface area contributed by atoms with E-state index in [1.165, 1.54) is 19.2 Å². The number of hydrogen-bond donors (Lipinski definition) is 0. The predicted molar refractivity (Wildman–Crippen MR) is 134 cm³/mol. The van der Waals surface area contributed by atoms with Crippen LogP contribution in [0.3, 0.4) is 0 Å². The Morgan fingerprint density at radius 2 is 1.81 bits per heavy atom. The third kappa shape index (κ3) is 5.98. The lowest BCUT2D eigenvalue weighted by Crippen LogP contribution is -2.65. The van der Waals surface area contributed by atoms with Crippen molar-refractivity contribution < 1.29 is 36.9 Å². The summed E-state index contributed by atoms with van der Waals surface area (Å²) in [6.07, 6.45) is -2.30. The maximum absolute atomic E-state index is 13.9. The Labute approximate surface area is 217 Å². The number of fused-ring (bicyclic) bond motifs is 1. The molecule has 2 saturated heterocycles. The molecule has 2 aromatic rings. The van der Waals surface area contributed by atoms with Gasteiger partial charge in [-0.3, -0.25) is 4.79 Å². The van der Waals surface area contributed by atoms with Gasteiger partial charge in [-0.15, -0.1) is 5.92 Å². The summed E-state index contributed by atoms with van der Waals surface area (Å²) in [6, 6.07) is 14.1. The zero-order valence-corrected chi connectivity index (χ0v) is 22.1. The highest BCUT2D eigenvalue weighted by Gasteiger charge is 2.58. The molecule has 0 amide bonds. The van der Waals surface area contributed by atoms with Gasteiger partial charge in [0.15, 0.2) is 11.8 Å². The van der Waals surface area contributed by atoms with Crippen molar-refractivity contribution in [2.24, 2.45) is 0 Å². The van der Waals surface area contributed by atoms with E-state index < -0.39 is 46.1 Å². The van der Waals surface area contributed by atoms with E-state index in [-0.39, 0.29) is 24.7 Å². The molecule has 0 unspecified atom stereocenters. The van der Waals surface area contributed by atoms with Crippen LogP contribution in [0.1, 0.15) is 26.3 Å². The van der Waals surface area contributed by atoms with Crippen LogP contribution in [0, 0.1) is 11.8 Å². The summed E-state index contributed by atoms with van der Waals surface area (Å²) in [4.78, 5) is 13.1. The van der Waals surface area contributed by atoms with E-state index in [1.54, 1.807) is 32.9 Å². The number of hydrogen-bond acceptors (Lipinski definition) is 8. The molecule has 0 saturated carbocycles. The second-order valence-electron chi connectivity index (χ2n) is 9.13. The number of carbonyl (C=O) groups excluding carboxylic acids is 1. The molecule has 0 aliphatic carbocycles. The van der Waals surface area contributed by atoms with Crippen molar-refractivity contribution >= 4 is 16.0 Å². The topological polar surface area (TPSA) is 101 Å². The Balaban J connectivity index is 1.67. The van der Waals surface area contributed by atoms with E-state index in [4.69, 9.17) is 23.7 Å². The van der Waals surface area contributed by atoms with Gasteiger partial charge in [-0.2, -0.15) is 4.31 Å². The first-order valence-corrected chi connectivity index (χ1v) is 13.3. The number of esters is 1. The lowest BCUT2D eigenvalue weighted by Gasteiger charge is -2.42. The molecule has 2 aliphatic rings. The molecular formula is C27H31NO8S. The van der Waals surface area contributed by atoms with Crippen molar-refractivity contribution in [1.29, 1.82) is 0 Å². The van der Waals surface area contributed by atoms with Gasteiger partial charge in [0.05, 0.1) is 18.6 Å². The predicted octanol–water partition coefficient (Wildman–Crippen LogP) is 2.74. The van der Waals surface area contributed by atoms with Crippen LogP contribution in [0.2, 0.25) is 0 Å². The summed E-state index contributed by atoms with van der Waals surface area (Å²) < 4.78 is 57.7. The summed E-state index contributed by atoms with van der Waals surface area (Å²) in [5, 5.41) is 0. The van der Waals surface area contributed by atoms with Crippen molar-refractivity contribution in [3.63, 3.8) is 0 Å². The lowest BCUT2D eigenvalue weighted by molar-refractivity contribution is -0.173. The minimum absolute atomic E-state index is 0.00577. The molecule has 0 aromatic heterocycles. The quantitative estimate of drug-likeness (QED) is 0.380. The Kier molecular flexibility index (Phi) is 8.21. The van der Waals surface area contributed by atoms with E-state index in [1.807, 2.05) is 30.3 Å². The highest BCUT2D eigenvalue weighted by atomic mass is 32.2. The number of sulfonamides is 1. The molecule has 0 spiro atoms. The van der Waals surface area contributed by atoms with Gasteiger partial charge in [0, 0.05) is 6.54 Å². The normalized spacial score (nSPS) is 25.0. The summed E-state index contributed by atoms with van der Waals surface area (Å²) in [5.74, 6) is 4.27. The minimum atomic E-state index is -4.17. The van der Waals surface area contributed by atoms with Crippen LogP contribution >= 0.6 is 0 Å². The van der Waals surface area contributed by atoms with Gasteiger partial charge in [-0.25, -0.2) is 8.42 Å². The van der Waals surface area contributed by atoms with Crippen molar-refractivity contribution in [2.75, 3.05) is 20.3 Å². The Hall–Kier alpha value is -2.94. The lowest BCUT2D eigenvalue weighted by atomic mass is 9.95. The van der Waals surface area contributed by atoms with Crippen LogP contribution in [-0.4, -0.2) is 69.1 Å². The molecule has 198 valence electrons. The number of ether oxygens (including phenoxy) is 5. The van der Waals surface area contributed by atoms with Crippen LogP contribution in [0.15, 0.2) is 59.5 Å². The van der Waals surface area contributed by atoms with E-state index in [0.29, 0.717) is 5.75 Å². The van der Waals surface area contributed by atoms with Crippen LogP contribution in [-0.2, 0) is 40.4 Å². The molecule has 4 atom stereocenters. The first-order chi connectivity index (χ1) is 17.7. The van der Waals surface area contributed by atoms with Crippen LogP contribution < -0.4 is 4.74 Å². The summed E-state index contributed by atoms with van der Waals surface area (Å²) in [7, 11) is -2.95. The fourth-order valence-corrected chi connectivity index (χ4v) is 6.12. The minimum Gasteiger partial charge on any atom is -0.481 e. The SMILES string of the molecule is CC#CCOc1ccc(S(=O)(=O)N2C[C@H]3OC(C)(C)O[C@H]3[C@H](OCc3ccccc3)[C@@H]2C(=O)OC)cc1. The largest absolute Gasteiger partial charge is 0.481 e. The molecule has 10 heteroatoms. The number of methoxy groups -OCH3 is 1. The molecule has 0 bridgehead atoms. The summed E-state index contributed by atoms with van der Waals surface area (Å²) in [6.45, 7) is 5.42. The van der Waals surface area contributed by atoms with Gasteiger partial charge in [-0.05, 0) is 50.6 Å². The molecule has 2 aromatic carbocycles. The fourth-order valence-electron chi connectivity index (χ4n) is 4.52. The van der Waals surface area contributed by atoms with Crippen molar-refractivity contribution in [1.82, 2.24) is 4.31 Å². The molecule has 0 N–H and O–H groups in total. The molecule has 2 heterocycles. The van der Waals surface area contributed by atoms with Gasteiger partial charge in [0.25, 0.3) is 0 Å². The third-order valence-electron chi connectivity index (χ3n) is 6.17. The molecule has 2 fully saturated rings. The summed E-state index contributed by atoms with van der Waals surface area (Å²) in [5.41, 5.74) is 0.865. The van der Waals surface area contributed by atoms with Crippen molar-refractivity contribution in [3.05, 3.63) is 60.2 Å². The monoisotopic (exact) mass is 529 g/mol. The first kappa shape index (κ1) is 27.1. The Morgan fingerprint density at radius 3 is 2.46 bits per heavy atom. The molecule has 4 rings (SSSR count). The van der Waals surface area contributed by atoms with Crippen LogP contribution in [0.4, 0.5) is 0 Å².